The van der Waals surface area contributed by atoms with E-state index < -0.39 is 5.91 Å². The number of rotatable bonds is 5. The highest BCUT2D eigenvalue weighted by Gasteiger charge is 2.10. The van der Waals surface area contributed by atoms with Crippen LogP contribution in [0.4, 0.5) is 5.69 Å². The second-order valence-electron chi connectivity index (χ2n) is 4.21. The SMILES string of the molecule is NC(=O)c1ccccc1OCC(=O)Nc1cccc(I)c1. The smallest absolute Gasteiger partial charge is 0.262 e. The third-order valence-corrected chi connectivity index (χ3v) is 3.29. The molecule has 3 N–H and O–H groups in total. The predicted octanol–water partition coefficient (Wildman–Crippen LogP) is 2.41. The Bertz CT molecular complexity index is 673. The van der Waals surface area contributed by atoms with Gasteiger partial charge in [-0.1, -0.05) is 18.2 Å². The second-order valence-corrected chi connectivity index (χ2v) is 5.45. The molecule has 0 heterocycles. The van der Waals surface area contributed by atoms with Crippen molar-refractivity contribution < 1.29 is 14.3 Å². The van der Waals surface area contributed by atoms with Crippen molar-refractivity contribution in [3.05, 3.63) is 57.7 Å². The van der Waals surface area contributed by atoms with Crippen LogP contribution in [0.2, 0.25) is 0 Å². The minimum absolute atomic E-state index is 0.199. The van der Waals surface area contributed by atoms with Gasteiger partial charge in [0.15, 0.2) is 6.61 Å². The molecule has 0 radical (unpaired) electrons. The van der Waals surface area contributed by atoms with E-state index in [1.165, 1.54) is 0 Å². The summed E-state index contributed by atoms with van der Waals surface area (Å²) in [6.07, 6.45) is 0. The van der Waals surface area contributed by atoms with Crippen molar-refractivity contribution in [2.75, 3.05) is 11.9 Å². The first-order valence-electron chi connectivity index (χ1n) is 6.13. The van der Waals surface area contributed by atoms with Crippen LogP contribution < -0.4 is 15.8 Å². The summed E-state index contributed by atoms with van der Waals surface area (Å²) in [6.45, 7) is -0.199. The van der Waals surface area contributed by atoms with Gasteiger partial charge in [-0.15, -0.1) is 0 Å². The van der Waals surface area contributed by atoms with Crippen molar-refractivity contribution in [1.29, 1.82) is 0 Å². The zero-order valence-electron chi connectivity index (χ0n) is 11.0. The Morgan fingerprint density at radius 2 is 1.90 bits per heavy atom. The molecule has 2 amide bonds. The van der Waals surface area contributed by atoms with Gasteiger partial charge in [-0.3, -0.25) is 9.59 Å². The molecule has 21 heavy (non-hydrogen) atoms. The summed E-state index contributed by atoms with van der Waals surface area (Å²) in [5, 5.41) is 2.72. The van der Waals surface area contributed by atoms with Crippen LogP contribution in [0.1, 0.15) is 10.4 Å². The molecule has 0 saturated heterocycles. The zero-order chi connectivity index (χ0) is 15.2. The molecule has 0 saturated carbocycles. The van der Waals surface area contributed by atoms with Gasteiger partial charge in [-0.25, -0.2) is 0 Å². The minimum atomic E-state index is -0.594. The van der Waals surface area contributed by atoms with Crippen LogP contribution in [0, 0.1) is 3.57 Å². The Kier molecular flexibility index (Phi) is 5.15. The molecule has 2 rings (SSSR count). The maximum absolute atomic E-state index is 11.8. The fraction of sp³-hybridized carbons (Fsp3) is 0.0667. The first kappa shape index (κ1) is 15.3. The largest absolute Gasteiger partial charge is 0.483 e. The summed E-state index contributed by atoms with van der Waals surface area (Å²) < 4.78 is 6.37. The van der Waals surface area contributed by atoms with Gasteiger partial charge in [0.2, 0.25) is 0 Å². The molecule has 0 bridgehead atoms. The fourth-order valence-corrected chi connectivity index (χ4v) is 2.25. The zero-order valence-corrected chi connectivity index (χ0v) is 13.2. The molecule has 0 atom stereocenters. The third-order valence-electron chi connectivity index (χ3n) is 2.62. The van der Waals surface area contributed by atoms with E-state index in [1.807, 2.05) is 18.2 Å². The van der Waals surface area contributed by atoms with Crippen molar-refractivity contribution in [3.8, 4) is 5.75 Å². The molecule has 0 aliphatic carbocycles. The third kappa shape index (κ3) is 4.45. The molecule has 0 aliphatic heterocycles. The number of halogens is 1. The van der Waals surface area contributed by atoms with Crippen LogP contribution in [0.5, 0.6) is 5.75 Å². The lowest BCUT2D eigenvalue weighted by Crippen LogP contribution is -2.21. The molecule has 0 unspecified atom stereocenters. The highest BCUT2D eigenvalue weighted by molar-refractivity contribution is 14.1. The summed E-state index contributed by atoms with van der Waals surface area (Å²) in [6, 6.07) is 13.9. The van der Waals surface area contributed by atoms with Crippen molar-refractivity contribution in [2.24, 2.45) is 5.73 Å². The number of amides is 2. The number of nitrogens with two attached hydrogens (primary N) is 1. The van der Waals surface area contributed by atoms with Gasteiger partial charge >= 0.3 is 0 Å². The number of anilines is 1. The van der Waals surface area contributed by atoms with Crippen LogP contribution in [-0.2, 0) is 4.79 Å². The number of hydrogen-bond donors (Lipinski definition) is 2. The molecule has 0 fully saturated rings. The van der Waals surface area contributed by atoms with Gasteiger partial charge in [0.1, 0.15) is 5.75 Å². The molecule has 6 heteroatoms. The van der Waals surface area contributed by atoms with E-state index in [9.17, 15) is 9.59 Å². The lowest BCUT2D eigenvalue weighted by molar-refractivity contribution is -0.118. The number of carbonyl (C=O) groups is 2. The van der Waals surface area contributed by atoms with E-state index in [1.54, 1.807) is 30.3 Å². The Labute approximate surface area is 135 Å². The van der Waals surface area contributed by atoms with E-state index >= 15 is 0 Å². The monoisotopic (exact) mass is 396 g/mol. The van der Waals surface area contributed by atoms with E-state index in [4.69, 9.17) is 10.5 Å². The lowest BCUT2D eigenvalue weighted by atomic mass is 10.2. The quantitative estimate of drug-likeness (QED) is 0.762. The fourth-order valence-electron chi connectivity index (χ4n) is 1.70. The molecule has 0 aromatic heterocycles. The maximum atomic E-state index is 11.8. The first-order chi connectivity index (χ1) is 10.1. The molecule has 5 nitrogen and oxygen atoms in total. The van der Waals surface area contributed by atoms with E-state index in [0.717, 1.165) is 3.57 Å². The molecule has 108 valence electrons. The van der Waals surface area contributed by atoms with E-state index in [2.05, 4.69) is 27.9 Å². The van der Waals surface area contributed by atoms with Gasteiger partial charge in [-0.2, -0.15) is 0 Å². The van der Waals surface area contributed by atoms with Gasteiger partial charge in [0, 0.05) is 9.26 Å². The summed E-state index contributed by atoms with van der Waals surface area (Å²) in [7, 11) is 0. The number of nitrogens with one attached hydrogen (secondary N) is 1. The van der Waals surface area contributed by atoms with Crippen molar-refractivity contribution in [3.63, 3.8) is 0 Å². The number of para-hydroxylation sites is 1. The molecule has 0 aliphatic rings. The Morgan fingerprint density at radius 3 is 2.62 bits per heavy atom. The van der Waals surface area contributed by atoms with Crippen LogP contribution >= 0.6 is 22.6 Å². The highest BCUT2D eigenvalue weighted by Crippen LogP contribution is 2.17. The van der Waals surface area contributed by atoms with Crippen molar-refractivity contribution in [1.82, 2.24) is 0 Å². The predicted molar refractivity (Wildman–Crippen MR) is 88.2 cm³/mol. The number of primary amides is 1. The molecule has 2 aromatic rings. The van der Waals surface area contributed by atoms with Crippen LogP contribution in [0.25, 0.3) is 0 Å². The summed E-state index contributed by atoms with van der Waals surface area (Å²) in [5.41, 5.74) is 6.18. The van der Waals surface area contributed by atoms with Gasteiger partial charge in [0.25, 0.3) is 11.8 Å². The Morgan fingerprint density at radius 1 is 1.14 bits per heavy atom. The first-order valence-corrected chi connectivity index (χ1v) is 7.21. The van der Waals surface area contributed by atoms with Crippen LogP contribution in [0.15, 0.2) is 48.5 Å². The number of hydrogen-bond acceptors (Lipinski definition) is 3. The number of ether oxygens (including phenoxy) is 1. The molecular formula is C15H13IN2O3. The average molecular weight is 396 g/mol. The van der Waals surface area contributed by atoms with Crippen molar-refractivity contribution in [2.45, 2.75) is 0 Å². The normalized spacial score (nSPS) is 9.95. The number of benzene rings is 2. The van der Waals surface area contributed by atoms with E-state index in [-0.39, 0.29) is 18.1 Å². The molecule has 2 aromatic carbocycles. The lowest BCUT2D eigenvalue weighted by Gasteiger charge is -2.10. The standard InChI is InChI=1S/C15H13IN2O3/c16-10-4-3-5-11(8-10)18-14(19)9-21-13-7-2-1-6-12(13)15(17)20/h1-8H,9H2,(H2,17,20)(H,18,19). The highest BCUT2D eigenvalue weighted by atomic mass is 127. The van der Waals surface area contributed by atoms with Crippen LogP contribution in [-0.4, -0.2) is 18.4 Å². The maximum Gasteiger partial charge on any atom is 0.262 e. The Hall–Kier alpha value is -2.09. The summed E-state index contributed by atoms with van der Waals surface area (Å²) in [4.78, 5) is 23.1. The average Bonchev–Trinajstić information content (AvgIpc) is 2.45. The summed E-state index contributed by atoms with van der Waals surface area (Å²) >= 11 is 2.16. The van der Waals surface area contributed by atoms with E-state index in [0.29, 0.717) is 11.4 Å². The summed E-state index contributed by atoms with van der Waals surface area (Å²) in [5.74, 6) is -0.609. The van der Waals surface area contributed by atoms with Crippen molar-refractivity contribution >= 4 is 40.1 Å². The molecule has 0 spiro atoms. The topological polar surface area (TPSA) is 81.4 Å². The Balaban J connectivity index is 1.97. The minimum Gasteiger partial charge on any atom is -0.483 e. The van der Waals surface area contributed by atoms with Gasteiger partial charge < -0.3 is 15.8 Å². The van der Waals surface area contributed by atoms with Crippen LogP contribution in [0.3, 0.4) is 0 Å². The second kappa shape index (κ2) is 7.07. The number of carbonyl (C=O) groups excluding carboxylic acids is 2. The van der Waals surface area contributed by atoms with Gasteiger partial charge in [-0.05, 0) is 52.9 Å². The molecular weight excluding hydrogens is 383 g/mol. The van der Waals surface area contributed by atoms with Gasteiger partial charge in [0.05, 0.1) is 5.56 Å².